The molecule has 3 nitrogen and oxygen atoms in total. The summed E-state index contributed by atoms with van der Waals surface area (Å²) in [6.45, 7) is 6.93. The third-order valence-corrected chi connectivity index (χ3v) is 2.87. The van der Waals surface area contributed by atoms with Gasteiger partial charge in [-0.05, 0) is 25.1 Å². The number of nitrogens with one attached hydrogen (secondary N) is 1. The van der Waals surface area contributed by atoms with Gasteiger partial charge >= 0.3 is 0 Å². The molecule has 0 bridgehead atoms. The molecule has 102 valence electrons. The fourth-order valence-corrected chi connectivity index (χ4v) is 1.75. The van der Waals surface area contributed by atoms with Crippen LogP contribution in [0.3, 0.4) is 0 Å². The van der Waals surface area contributed by atoms with Crippen LogP contribution in [0, 0.1) is 0 Å². The molecule has 0 radical (unpaired) electrons. The first-order chi connectivity index (χ1) is 8.86. The number of pyridine rings is 1. The average molecular weight is 250 g/mol. The number of ether oxygens (including phenoxy) is 1. The van der Waals surface area contributed by atoms with Gasteiger partial charge < -0.3 is 10.1 Å². The van der Waals surface area contributed by atoms with E-state index in [1.54, 1.807) is 0 Å². The van der Waals surface area contributed by atoms with Crippen molar-refractivity contribution in [3.05, 3.63) is 24.0 Å². The van der Waals surface area contributed by atoms with Crippen molar-refractivity contribution in [1.29, 1.82) is 0 Å². The fourth-order valence-electron chi connectivity index (χ4n) is 1.75. The third kappa shape index (κ3) is 6.60. The Bertz CT molecular complexity index is 298. The van der Waals surface area contributed by atoms with Crippen LogP contribution in [0.2, 0.25) is 0 Å². The van der Waals surface area contributed by atoms with Gasteiger partial charge in [-0.25, -0.2) is 0 Å². The van der Waals surface area contributed by atoms with Crippen molar-refractivity contribution in [2.45, 2.75) is 52.5 Å². The molecule has 0 aliphatic heterocycles. The Hall–Kier alpha value is -1.09. The monoisotopic (exact) mass is 250 g/mol. The van der Waals surface area contributed by atoms with E-state index in [0.29, 0.717) is 0 Å². The van der Waals surface area contributed by atoms with Crippen molar-refractivity contribution in [3.63, 3.8) is 0 Å². The van der Waals surface area contributed by atoms with Crippen LogP contribution in [0.15, 0.2) is 18.3 Å². The second kappa shape index (κ2) is 9.89. The molecule has 0 spiro atoms. The molecule has 0 fully saturated rings. The molecule has 1 aromatic rings. The lowest BCUT2D eigenvalue weighted by atomic mass is 10.2. The van der Waals surface area contributed by atoms with Gasteiger partial charge in [-0.1, -0.05) is 39.5 Å². The molecule has 18 heavy (non-hydrogen) atoms. The van der Waals surface area contributed by atoms with E-state index in [2.05, 4.69) is 24.1 Å². The maximum absolute atomic E-state index is 5.66. The van der Waals surface area contributed by atoms with Crippen LogP contribution in [0.4, 0.5) is 0 Å². The highest BCUT2D eigenvalue weighted by Gasteiger charge is 1.97. The summed E-state index contributed by atoms with van der Waals surface area (Å²) in [7, 11) is 0. The largest absolute Gasteiger partial charge is 0.492 e. The Kier molecular flexibility index (Phi) is 8.23. The molecule has 0 aliphatic carbocycles. The van der Waals surface area contributed by atoms with Crippen LogP contribution in [0.5, 0.6) is 5.75 Å². The van der Waals surface area contributed by atoms with Crippen molar-refractivity contribution in [2.24, 2.45) is 0 Å². The molecule has 1 rings (SSSR count). The second-order valence-electron chi connectivity index (χ2n) is 4.53. The summed E-state index contributed by atoms with van der Waals surface area (Å²) in [5, 5.41) is 3.25. The molecule has 0 aromatic carbocycles. The van der Waals surface area contributed by atoms with Gasteiger partial charge in [-0.15, -0.1) is 0 Å². The number of aromatic nitrogens is 1. The second-order valence-corrected chi connectivity index (χ2v) is 4.53. The zero-order chi connectivity index (χ0) is 13.1. The zero-order valence-corrected chi connectivity index (χ0v) is 11.7. The van der Waals surface area contributed by atoms with Gasteiger partial charge in [0.25, 0.3) is 0 Å². The molecular formula is C15H26N2O. The quantitative estimate of drug-likeness (QED) is 0.645. The molecule has 0 saturated heterocycles. The molecule has 0 amide bonds. The summed E-state index contributed by atoms with van der Waals surface area (Å²) >= 11 is 0. The van der Waals surface area contributed by atoms with Gasteiger partial charge in [0, 0.05) is 6.54 Å². The van der Waals surface area contributed by atoms with E-state index in [0.717, 1.165) is 37.6 Å². The van der Waals surface area contributed by atoms with E-state index in [1.807, 2.05) is 18.3 Å². The van der Waals surface area contributed by atoms with E-state index in [1.165, 1.54) is 25.7 Å². The van der Waals surface area contributed by atoms with Gasteiger partial charge in [0.2, 0.25) is 0 Å². The maximum atomic E-state index is 5.66. The van der Waals surface area contributed by atoms with Crippen molar-refractivity contribution in [2.75, 3.05) is 13.2 Å². The van der Waals surface area contributed by atoms with Crippen molar-refractivity contribution >= 4 is 0 Å². The Labute approximate surface area is 111 Å². The third-order valence-electron chi connectivity index (χ3n) is 2.87. The van der Waals surface area contributed by atoms with E-state index in [9.17, 15) is 0 Å². The van der Waals surface area contributed by atoms with Gasteiger partial charge in [0.1, 0.15) is 5.75 Å². The molecular weight excluding hydrogens is 224 g/mol. The highest BCUT2D eigenvalue weighted by molar-refractivity contribution is 5.19. The molecule has 0 saturated carbocycles. The first kappa shape index (κ1) is 15.0. The summed E-state index contributed by atoms with van der Waals surface area (Å²) in [6.07, 6.45) is 8.16. The van der Waals surface area contributed by atoms with Crippen LogP contribution in [0.1, 0.15) is 51.6 Å². The van der Waals surface area contributed by atoms with E-state index < -0.39 is 0 Å². The van der Waals surface area contributed by atoms with E-state index >= 15 is 0 Å². The highest BCUT2D eigenvalue weighted by Crippen LogP contribution is 2.10. The van der Waals surface area contributed by atoms with Crippen LogP contribution in [0.25, 0.3) is 0 Å². The smallest absolute Gasteiger partial charge is 0.137 e. The number of unbranched alkanes of at least 4 members (excludes halogenated alkanes) is 4. The SMILES string of the molecule is CCCCCCCOc1ccc(CNCC)nc1. The summed E-state index contributed by atoms with van der Waals surface area (Å²) in [5.74, 6) is 0.880. The first-order valence-corrected chi connectivity index (χ1v) is 7.15. The number of rotatable bonds is 10. The van der Waals surface area contributed by atoms with E-state index in [4.69, 9.17) is 4.74 Å². The Morgan fingerprint density at radius 3 is 2.61 bits per heavy atom. The maximum Gasteiger partial charge on any atom is 0.137 e. The molecule has 1 N–H and O–H groups in total. The molecule has 1 aromatic heterocycles. The van der Waals surface area contributed by atoms with Crippen LogP contribution in [-0.4, -0.2) is 18.1 Å². The summed E-state index contributed by atoms with van der Waals surface area (Å²) in [4.78, 5) is 4.36. The lowest BCUT2D eigenvalue weighted by molar-refractivity contribution is 0.303. The predicted octanol–water partition coefficient (Wildman–Crippen LogP) is 3.54. The summed E-state index contributed by atoms with van der Waals surface area (Å²) < 4.78 is 5.66. The zero-order valence-electron chi connectivity index (χ0n) is 11.7. The Morgan fingerprint density at radius 2 is 1.94 bits per heavy atom. The highest BCUT2D eigenvalue weighted by atomic mass is 16.5. The number of hydrogen-bond donors (Lipinski definition) is 1. The minimum Gasteiger partial charge on any atom is -0.492 e. The number of hydrogen-bond acceptors (Lipinski definition) is 3. The molecule has 1 heterocycles. The minimum absolute atomic E-state index is 0.804. The molecule has 0 aliphatic rings. The fraction of sp³-hybridized carbons (Fsp3) is 0.667. The van der Waals surface area contributed by atoms with Crippen LogP contribution in [-0.2, 0) is 6.54 Å². The van der Waals surface area contributed by atoms with Crippen LogP contribution >= 0.6 is 0 Å². The van der Waals surface area contributed by atoms with Gasteiger partial charge in [0.05, 0.1) is 18.5 Å². The van der Waals surface area contributed by atoms with Crippen LogP contribution < -0.4 is 10.1 Å². The number of nitrogens with zero attached hydrogens (tertiary/aromatic N) is 1. The topological polar surface area (TPSA) is 34.1 Å². The van der Waals surface area contributed by atoms with Crippen molar-refractivity contribution in [1.82, 2.24) is 10.3 Å². The minimum atomic E-state index is 0.804. The van der Waals surface area contributed by atoms with Gasteiger partial charge in [-0.2, -0.15) is 0 Å². The first-order valence-electron chi connectivity index (χ1n) is 7.15. The van der Waals surface area contributed by atoms with Crippen molar-refractivity contribution < 1.29 is 4.74 Å². The molecule has 0 unspecified atom stereocenters. The summed E-state index contributed by atoms with van der Waals surface area (Å²) in [6, 6.07) is 4.03. The average Bonchev–Trinajstić information content (AvgIpc) is 2.42. The summed E-state index contributed by atoms with van der Waals surface area (Å²) in [5.41, 5.74) is 1.06. The Morgan fingerprint density at radius 1 is 1.11 bits per heavy atom. The molecule has 3 heteroatoms. The van der Waals surface area contributed by atoms with Gasteiger partial charge in [-0.3, -0.25) is 4.98 Å². The van der Waals surface area contributed by atoms with Crippen molar-refractivity contribution in [3.8, 4) is 5.75 Å². The molecule has 0 atom stereocenters. The predicted molar refractivity (Wildman–Crippen MR) is 75.9 cm³/mol. The Balaban J connectivity index is 2.14. The standard InChI is InChI=1S/C15H26N2O/c1-3-5-6-7-8-11-18-15-10-9-14(17-13-15)12-16-4-2/h9-10,13,16H,3-8,11-12H2,1-2H3. The normalized spacial score (nSPS) is 10.6. The lowest BCUT2D eigenvalue weighted by Gasteiger charge is -2.06. The van der Waals surface area contributed by atoms with E-state index in [-0.39, 0.29) is 0 Å². The lowest BCUT2D eigenvalue weighted by Crippen LogP contribution is -2.12. The van der Waals surface area contributed by atoms with Gasteiger partial charge in [0.15, 0.2) is 0 Å².